The van der Waals surface area contributed by atoms with E-state index in [1.807, 2.05) is 24.3 Å². The van der Waals surface area contributed by atoms with Gasteiger partial charge in [0.25, 0.3) is 5.91 Å². The minimum Gasteiger partial charge on any atom is -0.395 e. The molecule has 2 aromatic carbocycles. The summed E-state index contributed by atoms with van der Waals surface area (Å²) in [6.45, 7) is 0.271. The number of nitrogens with one attached hydrogen (secondary N) is 1. The van der Waals surface area contributed by atoms with Gasteiger partial charge in [0, 0.05) is 12.1 Å². The molecule has 3 aromatic rings. The van der Waals surface area contributed by atoms with Crippen molar-refractivity contribution in [1.29, 1.82) is 0 Å². The summed E-state index contributed by atoms with van der Waals surface area (Å²) in [6, 6.07) is 12.1. The molecule has 1 heterocycles. The fourth-order valence-corrected chi connectivity index (χ4v) is 2.61. The molecule has 2 N–H and O–H groups in total. The largest absolute Gasteiger partial charge is 0.395 e. The highest BCUT2D eigenvalue weighted by molar-refractivity contribution is 6.42. The number of rotatable bonds is 4. The molecule has 118 valence electrons. The van der Waals surface area contributed by atoms with Gasteiger partial charge in [-0.15, -0.1) is 0 Å². The van der Waals surface area contributed by atoms with E-state index < -0.39 is 0 Å². The Morgan fingerprint density at radius 3 is 2.70 bits per heavy atom. The van der Waals surface area contributed by atoms with E-state index in [0.717, 1.165) is 11.0 Å². The van der Waals surface area contributed by atoms with Crippen molar-refractivity contribution in [1.82, 2.24) is 9.55 Å². The highest BCUT2D eigenvalue weighted by atomic mass is 35.5. The molecule has 0 fully saturated rings. The fourth-order valence-electron chi connectivity index (χ4n) is 2.31. The first-order chi connectivity index (χ1) is 11.1. The number of hydrogen-bond donors (Lipinski definition) is 2. The molecule has 0 saturated carbocycles. The lowest BCUT2D eigenvalue weighted by Crippen LogP contribution is -2.16. The lowest BCUT2D eigenvalue weighted by atomic mass is 10.2. The van der Waals surface area contributed by atoms with Crippen molar-refractivity contribution in [2.24, 2.45) is 0 Å². The van der Waals surface area contributed by atoms with Crippen LogP contribution in [0.5, 0.6) is 0 Å². The molecular weight excluding hydrogens is 337 g/mol. The van der Waals surface area contributed by atoms with Gasteiger partial charge in [0.2, 0.25) is 5.95 Å². The van der Waals surface area contributed by atoms with Crippen molar-refractivity contribution in [3.05, 3.63) is 58.1 Å². The smallest absolute Gasteiger partial charge is 0.258 e. The van der Waals surface area contributed by atoms with Gasteiger partial charge in [0.1, 0.15) is 0 Å². The standard InChI is InChI=1S/C16H13Cl2N3O2/c17-11-6-5-10(9-12(11)18)15(23)20-16-19-13-3-1-2-4-14(13)21(16)7-8-22/h1-6,9,22H,7-8H2,(H,19,20,23). The molecule has 0 unspecified atom stereocenters. The number of carbonyl (C=O) groups excluding carboxylic acids is 1. The number of aliphatic hydroxyl groups is 1. The summed E-state index contributed by atoms with van der Waals surface area (Å²) < 4.78 is 1.75. The molecule has 3 rings (SSSR count). The van der Waals surface area contributed by atoms with Crippen LogP contribution in [0.4, 0.5) is 5.95 Å². The van der Waals surface area contributed by atoms with Gasteiger partial charge < -0.3 is 9.67 Å². The fraction of sp³-hybridized carbons (Fsp3) is 0.125. The Hall–Kier alpha value is -2.08. The van der Waals surface area contributed by atoms with E-state index >= 15 is 0 Å². The molecule has 0 saturated heterocycles. The zero-order valence-corrected chi connectivity index (χ0v) is 13.5. The zero-order valence-electron chi connectivity index (χ0n) is 12.0. The molecule has 7 heteroatoms. The summed E-state index contributed by atoms with van der Waals surface area (Å²) in [4.78, 5) is 16.8. The molecule has 0 aliphatic carbocycles. The van der Waals surface area contributed by atoms with Gasteiger partial charge in [-0.3, -0.25) is 10.1 Å². The van der Waals surface area contributed by atoms with Crippen molar-refractivity contribution in [2.45, 2.75) is 6.54 Å². The van der Waals surface area contributed by atoms with Crippen LogP contribution in [-0.4, -0.2) is 27.2 Å². The van der Waals surface area contributed by atoms with E-state index in [9.17, 15) is 9.90 Å². The second kappa shape index (κ2) is 6.58. The van der Waals surface area contributed by atoms with Gasteiger partial charge in [-0.2, -0.15) is 0 Å². The van der Waals surface area contributed by atoms with E-state index in [0.29, 0.717) is 28.1 Å². The molecule has 0 aliphatic heterocycles. The van der Waals surface area contributed by atoms with Crippen LogP contribution in [0.25, 0.3) is 11.0 Å². The number of amides is 1. The number of halogens is 2. The minimum absolute atomic E-state index is 0.0595. The Kier molecular flexibility index (Phi) is 4.52. The lowest BCUT2D eigenvalue weighted by molar-refractivity contribution is 0.102. The quantitative estimate of drug-likeness (QED) is 0.756. The monoisotopic (exact) mass is 349 g/mol. The number of benzene rings is 2. The predicted octanol–water partition coefficient (Wildman–Crippen LogP) is 3.59. The van der Waals surface area contributed by atoms with E-state index in [4.69, 9.17) is 23.2 Å². The molecule has 0 atom stereocenters. The summed E-state index contributed by atoms with van der Waals surface area (Å²) in [7, 11) is 0. The molecular formula is C16H13Cl2N3O2. The van der Waals surface area contributed by atoms with Gasteiger partial charge >= 0.3 is 0 Å². The summed E-state index contributed by atoms with van der Waals surface area (Å²) in [5.41, 5.74) is 1.96. The van der Waals surface area contributed by atoms with Crippen LogP contribution >= 0.6 is 23.2 Å². The van der Waals surface area contributed by atoms with Gasteiger partial charge in [0.15, 0.2) is 0 Å². The first-order valence-electron chi connectivity index (χ1n) is 6.92. The second-order valence-corrected chi connectivity index (χ2v) is 5.70. The Labute approximate surface area is 142 Å². The Balaban J connectivity index is 1.95. The number of anilines is 1. The van der Waals surface area contributed by atoms with Crippen molar-refractivity contribution in [3.8, 4) is 0 Å². The van der Waals surface area contributed by atoms with Crippen LogP contribution in [0.2, 0.25) is 10.0 Å². The molecule has 5 nitrogen and oxygen atoms in total. The van der Waals surface area contributed by atoms with Crippen LogP contribution in [0.1, 0.15) is 10.4 Å². The van der Waals surface area contributed by atoms with Gasteiger partial charge in [0.05, 0.1) is 27.7 Å². The Morgan fingerprint density at radius 2 is 1.96 bits per heavy atom. The van der Waals surface area contributed by atoms with Crippen LogP contribution in [-0.2, 0) is 6.54 Å². The van der Waals surface area contributed by atoms with E-state index in [1.54, 1.807) is 16.7 Å². The number of aromatic nitrogens is 2. The molecule has 1 aromatic heterocycles. The summed E-state index contributed by atoms with van der Waals surface area (Å²) in [6.07, 6.45) is 0. The number of fused-ring (bicyclic) bond motifs is 1. The maximum Gasteiger partial charge on any atom is 0.258 e. The van der Waals surface area contributed by atoms with E-state index in [2.05, 4.69) is 10.3 Å². The van der Waals surface area contributed by atoms with E-state index in [1.165, 1.54) is 6.07 Å². The molecule has 0 aliphatic rings. The predicted molar refractivity (Wildman–Crippen MR) is 91.2 cm³/mol. The number of para-hydroxylation sites is 2. The topological polar surface area (TPSA) is 67.2 Å². The minimum atomic E-state index is -0.349. The van der Waals surface area contributed by atoms with Crippen molar-refractivity contribution in [2.75, 3.05) is 11.9 Å². The third-order valence-electron chi connectivity index (χ3n) is 3.39. The van der Waals surface area contributed by atoms with Crippen molar-refractivity contribution >= 4 is 46.1 Å². The summed E-state index contributed by atoms with van der Waals surface area (Å²) in [5.74, 6) is 0.0226. The van der Waals surface area contributed by atoms with Gasteiger partial charge in [-0.05, 0) is 30.3 Å². The number of hydrogen-bond acceptors (Lipinski definition) is 3. The van der Waals surface area contributed by atoms with Crippen LogP contribution in [0.3, 0.4) is 0 Å². The SMILES string of the molecule is O=C(Nc1nc2ccccc2n1CCO)c1ccc(Cl)c(Cl)c1. The number of carbonyl (C=O) groups is 1. The third kappa shape index (κ3) is 3.17. The number of nitrogens with zero attached hydrogens (tertiary/aromatic N) is 2. The van der Waals surface area contributed by atoms with Crippen LogP contribution in [0.15, 0.2) is 42.5 Å². The average Bonchev–Trinajstić information content (AvgIpc) is 2.88. The Bertz CT molecular complexity index is 877. The molecule has 0 bridgehead atoms. The molecule has 0 radical (unpaired) electrons. The molecule has 1 amide bonds. The maximum absolute atomic E-state index is 12.4. The first kappa shape index (κ1) is 15.8. The van der Waals surface area contributed by atoms with Crippen molar-refractivity contribution < 1.29 is 9.90 Å². The lowest BCUT2D eigenvalue weighted by Gasteiger charge is -2.09. The number of aliphatic hydroxyl groups excluding tert-OH is 1. The normalized spacial score (nSPS) is 10.9. The first-order valence-corrected chi connectivity index (χ1v) is 7.68. The zero-order chi connectivity index (χ0) is 16.4. The highest BCUT2D eigenvalue weighted by Crippen LogP contribution is 2.24. The van der Waals surface area contributed by atoms with Crippen LogP contribution in [0, 0.1) is 0 Å². The third-order valence-corrected chi connectivity index (χ3v) is 4.12. The van der Waals surface area contributed by atoms with E-state index in [-0.39, 0.29) is 12.5 Å². The number of imidazole rings is 1. The summed E-state index contributed by atoms with van der Waals surface area (Å²) in [5, 5.41) is 12.7. The molecule has 23 heavy (non-hydrogen) atoms. The summed E-state index contributed by atoms with van der Waals surface area (Å²) >= 11 is 11.8. The Morgan fingerprint density at radius 1 is 1.17 bits per heavy atom. The van der Waals surface area contributed by atoms with Gasteiger partial charge in [-0.25, -0.2) is 4.98 Å². The van der Waals surface area contributed by atoms with Crippen molar-refractivity contribution in [3.63, 3.8) is 0 Å². The second-order valence-electron chi connectivity index (χ2n) is 4.88. The van der Waals surface area contributed by atoms with Crippen LogP contribution < -0.4 is 5.32 Å². The molecule has 0 spiro atoms. The average molecular weight is 350 g/mol. The highest BCUT2D eigenvalue weighted by Gasteiger charge is 2.14. The van der Waals surface area contributed by atoms with Gasteiger partial charge in [-0.1, -0.05) is 35.3 Å². The maximum atomic E-state index is 12.4.